The summed E-state index contributed by atoms with van der Waals surface area (Å²) in [6.45, 7) is 2.56. The maximum absolute atomic E-state index is 14.7. The van der Waals surface area contributed by atoms with Crippen LogP contribution in [0.15, 0.2) is 54.9 Å². The van der Waals surface area contributed by atoms with E-state index in [0.717, 1.165) is 11.1 Å². The second kappa shape index (κ2) is 8.99. The van der Waals surface area contributed by atoms with Crippen molar-refractivity contribution in [3.8, 4) is 28.6 Å². The molecule has 0 bridgehead atoms. The van der Waals surface area contributed by atoms with Crippen LogP contribution in [0.5, 0.6) is 17.5 Å². The Bertz CT molecular complexity index is 1070. The fourth-order valence-electron chi connectivity index (χ4n) is 3.46. The molecule has 4 rings (SSSR count). The summed E-state index contributed by atoms with van der Waals surface area (Å²) in [6, 6.07) is 14.3. The predicted octanol–water partition coefficient (Wildman–Crippen LogP) is 4.90. The molecule has 1 saturated heterocycles. The van der Waals surface area contributed by atoms with Crippen LogP contribution in [0.4, 0.5) is 9.18 Å². The number of likely N-dealkylation sites (tertiary alicyclic amines) is 1. The molecule has 1 aliphatic heterocycles. The van der Waals surface area contributed by atoms with Crippen LogP contribution in [0, 0.1) is 12.7 Å². The van der Waals surface area contributed by atoms with Crippen molar-refractivity contribution in [2.45, 2.75) is 25.9 Å². The Morgan fingerprint density at radius 1 is 1.06 bits per heavy atom. The van der Waals surface area contributed by atoms with Crippen molar-refractivity contribution in [1.29, 1.82) is 0 Å². The first-order chi connectivity index (χ1) is 15.0. The van der Waals surface area contributed by atoms with Gasteiger partial charge in [-0.15, -0.1) is 0 Å². The van der Waals surface area contributed by atoms with E-state index in [-0.39, 0.29) is 17.7 Å². The lowest BCUT2D eigenvalue weighted by atomic mass is 10.1. The van der Waals surface area contributed by atoms with Gasteiger partial charge in [0, 0.05) is 25.9 Å². The van der Waals surface area contributed by atoms with Crippen molar-refractivity contribution in [3.05, 3.63) is 66.2 Å². The summed E-state index contributed by atoms with van der Waals surface area (Å²) in [6.07, 6.45) is 1.37. The Morgan fingerprint density at radius 2 is 1.77 bits per heavy atom. The lowest BCUT2D eigenvalue weighted by molar-refractivity contribution is 0.0864. The van der Waals surface area contributed by atoms with Gasteiger partial charge in [0.1, 0.15) is 12.4 Å². The van der Waals surface area contributed by atoms with Gasteiger partial charge in [0.2, 0.25) is 11.8 Å². The van der Waals surface area contributed by atoms with Crippen LogP contribution in [-0.2, 0) is 0 Å². The first-order valence-electron chi connectivity index (χ1n) is 10.00. The zero-order valence-electron chi connectivity index (χ0n) is 17.0. The molecule has 7 nitrogen and oxygen atoms in total. The first-order valence-corrected chi connectivity index (χ1v) is 10.00. The lowest BCUT2D eigenvalue weighted by Crippen LogP contribution is -2.41. The largest absolute Gasteiger partial charge is 0.474 e. The molecule has 2 aromatic carbocycles. The molecule has 0 atom stereocenters. The molecule has 0 saturated carbocycles. The van der Waals surface area contributed by atoms with Crippen molar-refractivity contribution >= 4 is 6.09 Å². The number of carbonyl (C=O) groups is 1. The van der Waals surface area contributed by atoms with Crippen LogP contribution in [0.1, 0.15) is 18.4 Å². The molecule has 1 aromatic heterocycles. The van der Waals surface area contributed by atoms with Gasteiger partial charge in [0.15, 0.2) is 11.6 Å². The molecule has 3 aromatic rings. The van der Waals surface area contributed by atoms with Crippen LogP contribution < -0.4 is 9.47 Å². The zero-order chi connectivity index (χ0) is 21.8. The maximum Gasteiger partial charge on any atom is 0.407 e. The van der Waals surface area contributed by atoms with E-state index in [0.29, 0.717) is 37.4 Å². The molecule has 0 aliphatic carbocycles. The number of ether oxygens (including phenoxy) is 2. The van der Waals surface area contributed by atoms with E-state index in [2.05, 4.69) is 9.97 Å². The van der Waals surface area contributed by atoms with E-state index in [1.54, 1.807) is 19.1 Å². The smallest absolute Gasteiger partial charge is 0.407 e. The normalized spacial score (nSPS) is 14.3. The Labute approximate surface area is 179 Å². The molecule has 1 aliphatic rings. The highest BCUT2D eigenvalue weighted by molar-refractivity contribution is 5.65. The third-order valence-electron chi connectivity index (χ3n) is 5.23. The molecule has 2 heterocycles. The van der Waals surface area contributed by atoms with Gasteiger partial charge in [-0.2, -0.15) is 0 Å². The predicted molar refractivity (Wildman–Crippen MR) is 112 cm³/mol. The van der Waals surface area contributed by atoms with Crippen LogP contribution in [0.3, 0.4) is 0 Å². The summed E-state index contributed by atoms with van der Waals surface area (Å²) in [5, 5.41) is 9.06. The summed E-state index contributed by atoms with van der Waals surface area (Å²) < 4.78 is 26.3. The zero-order valence-corrected chi connectivity index (χ0v) is 17.0. The van der Waals surface area contributed by atoms with E-state index in [9.17, 15) is 9.18 Å². The van der Waals surface area contributed by atoms with Crippen LogP contribution in [-0.4, -0.2) is 45.3 Å². The third-order valence-corrected chi connectivity index (χ3v) is 5.23. The van der Waals surface area contributed by atoms with Crippen molar-refractivity contribution < 1.29 is 23.8 Å². The van der Waals surface area contributed by atoms with Gasteiger partial charge in [-0.25, -0.2) is 19.2 Å². The molecule has 1 amide bonds. The number of benzene rings is 2. The van der Waals surface area contributed by atoms with Gasteiger partial charge < -0.3 is 19.5 Å². The maximum atomic E-state index is 14.7. The van der Waals surface area contributed by atoms with Gasteiger partial charge in [0.25, 0.3) is 0 Å². The summed E-state index contributed by atoms with van der Waals surface area (Å²) in [5.74, 6) is 0.115. The molecule has 31 heavy (non-hydrogen) atoms. The van der Waals surface area contributed by atoms with Crippen molar-refractivity contribution in [2.75, 3.05) is 13.1 Å². The highest BCUT2D eigenvalue weighted by Gasteiger charge is 2.25. The number of piperidine rings is 1. The Kier molecular flexibility index (Phi) is 5.97. The van der Waals surface area contributed by atoms with Crippen LogP contribution in [0.25, 0.3) is 11.1 Å². The number of aromatic nitrogens is 2. The van der Waals surface area contributed by atoms with E-state index >= 15 is 0 Å². The average molecular weight is 423 g/mol. The van der Waals surface area contributed by atoms with Crippen LogP contribution >= 0.6 is 0 Å². The molecule has 8 heteroatoms. The molecule has 1 fully saturated rings. The lowest BCUT2D eigenvalue weighted by Gasteiger charge is -2.30. The molecular formula is C23H22FN3O4. The fourth-order valence-corrected chi connectivity index (χ4v) is 3.46. The number of halogens is 1. The monoisotopic (exact) mass is 423 g/mol. The van der Waals surface area contributed by atoms with Crippen LogP contribution in [0.2, 0.25) is 0 Å². The van der Waals surface area contributed by atoms with Gasteiger partial charge in [0.05, 0.1) is 5.56 Å². The molecule has 0 radical (unpaired) electrons. The summed E-state index contributed by atoms with van der Waals surface area (Å²) >= 11 is 0. The first kappa shape index (κ1) is 20.6. The van der Waals surface area contributed by atoms with Gasteiger partial charge in [-0.1, -0.05) is 36.4 Å². The van der Waals surface area contributed by atoms with E-state index in [1.165, 1.54) is 17.3 Å². The summed E-state index contributed by atoms with van der Waals surface area (Å²) in [4.78, 5) is 20.7. The average Bonchev–Trinajstić information content (AvgIpc) is 2.78. The molecule has 160 valence electrons. The minimum absolute atomic E-state index is 0.0576. The second-order valence-corrected chi connectivity index (χ2v) is 7.31. The van der Waals surface area contributed by atoms with E-state index in [4.69, 9.17) is 14.6 Å². The SMILES string of the molecule is Cc1c(Oc2ccc(-c3ccccc3)cc2F)ncnc1OC1CCN(C(=O)O)CC1. The number of amides is 1. The Hall–Kier alpha value is -3.68. The molecule has 1 N–H and O–H groups in total. The van der Waals surface area contributed by atoms with Crippen molar-refractivity contribution in [1.82, 2.24) is 14.9 Å². The Morgan fingerprint density at radius 3 is 2.45 bits per heavy atom. The number of hydrogen-bond donors (Lipinski definition) is 1. The number of hydrogen-bond acceptors (Lipinski definition) is 5. The van der Waals surface area contributed by atoms with Gasteiger partial charge in [-0.3, -0.25) is 0 Å². The fraction of sp³-hybridized carbons (Fsp3) is 0.261. The molecule has 0 spiro atoms. The molecule has 0 unspecified atom stereocenters. The summed E-state index contributed by atoms with van der Waals surface area (Å²) in [7, 11) is 0. The topological polar surface area (TPSA) is 84.8 Å². The number of nitrogens with zero attached hydrogens (tertiary/aromatic N) is 3. The van der Waals surface area contributed by atoms with Crippen molar-refractivity contribution in [3.63, 3.8) is 0 Å². The highest BCUT2D eigenvalue weighted by atomic mass is 19.1. The molecular weight excluding hydrogens is 401 g/mol. The number of rotatable bonds is 5. The van der Waals surface area contributed by atoms with E-state index < -0.39 is 11.9 Å². The summed E-state index contributed by atoms with van der Waals surface area (Å²) in [5.41, 5.74) is 2.21. The second-order valence-electron chi connectivity index (χ2n) is 7.31. The van der Waals surface area contributed by atoms with Gasteiger partial charge >= 0.3 is 6.09 Å². The quantitative estimate of drug-likeness (QED) is 0.628. The van der Waals surface area contributed by atoms with Crippen molar-refractivity contribution in [2.24, 2.45) is 0 Å². The number of carboxylic acid groups (broad SMARTS) is 1. The van der Waals surface area contributed by atoms with Gasteiger partial charge in [-0.05, 0) is 30.2 Å². The van der Waals surface area contributed by atoms with E-state index in [1.807, 2.05) is 30.3 Å². The minimum Gasteiger partial charge on any atom is -0.474 e. The highest BCUT2D eigenvalue weighted by Crippen LogP contribution is 2.32. The third kappa shape index (κ3) is 4.74. The minimum atomic E-state index is -0.923. The standard InChI is InChI=1S/C23H22FN3O4/c1-15-21(30-18-9-11-27(12-10-18)23(28)29)25-14-26-22(15)31-20-8-7-17(13-19(20)24)16-5-3-2-4-6-16/h2-8,13-14,18H,9-12H2,1H3,(H,28,29). The Balaban J connectivity index is 1.47.